The summed E-state index contributed by atoms with van der Waals surface area (Å²) in [6.45, 7) is 7.96. The molecule has 0 unspecified atom stereocenters. The minimum Gasteiger partial charge on any atom is -0.505 e. The van der Waals surface area contributed by atoms with Crippen molar-refractivity contribution < 1.29 is 24.4 Å². The van der Waals surface area contributed by atoms with Crippen LogP contribution in [-0.4, -0.2) is 119 Å². The van der Waals surface area contributed by atoms with Gasteiger partial charge in [0.1, 0.15) is 22.5 Å². The van der Waals surface area contributed by atoms with Gasteiger partial charge in [0.2, 0.25) is 0 Å². The number of aromatic nitrogens is 2. The molecule has 242 valence electrons. The van der Waals surface area contributed by atoms with Crippen LogP contribution in [0.2, 0.25) is 0 Å². The summed E-state index contributed by atoms with van der Waals surface area (Å²) in [6, 6.07) is 15.8. The van der Waals surface area contributed by atoms with Gasteiger partial charge in [0.25, 0.3) is 0 Å². The van der Waals surface area contributed by atoms with Crippen molar-refractivity contribution >= 4 is 45.3 Å². The summed E-state index contributed by atoms with van der Waals surface area (Å²) in [5.74, 6) is 4.70. The summed E-state index contributed by atoms with van der Waals surface area (Å²) in [5.41, 5.74) is 3.06. The fourth-order valence-electron chi connectivity index (χ4n) is 5.26. The summed E-state index contributed by atoms with van der Waals surface area (Å²) in [6.07, 6.45) is 3.44. The summed E-state index contributed by atoms with van der Waals surface area (Å²) in [7, 11) is 0. The number of phenols is 2. The number of aromatic hydroxyl groups is 2. The van der Waals surface area contributed by atoms with Crippen molar-refractivity contribution in [3.63, 3.8) is 0 Å². The van der Waals surface area contributed by atoms with E-state index >= 15 is 0 Å². The van der Waals surface area contributed by atoms with Crippen LogP contribution in [0.15, 0.2) is 60.9 Å². The predicted octanol–water partition coefficient (Wildman–Crippen LogP) is 5.03. The van der Waals surface area contributed by atoms with Crippen LogP contribution in [0.3, 0.4) is 0 Å². The van der Waals surface area contributed by atoms with Crippen LogP contribution in [0.5, 0.6) is 11.5 Å². The van der Waals surface area contributed by atoms with Crippen LogP contribution < -0.4 is 0 Å². The lowest BCUT2D eigenvalue weighted by atomic mass is 10.1. The summed E-state index contributed by atoms with van der Waals surface area (Å²) in [4.78, 5) is 13.5. The van der Waals surface area contributed by atoms with E-state index in [0.717, 1.165) is 71.1 Å². The number of ether oxygens (including phenoxy) is 3. The molecule has 1 fully saturated rings. The van der Waals surface area contributed by atoms with Gasteiger partial charge in [0.15, 0.2) is 0 Å². The van der Waals surface area contributed by atoms with Crippen molar-refractivity contribution in [2.45, 2.75) is 13.1 Å². The van der Waals surface area contributed by atoms with Crippen LogP contribution in [0.25, 0.3) is 21.8 Å². The highest BCUT2D eigenvalue weighted by Crippen LogP contribution is 2.29. The van der Waals surface area contributed by atoms with E-state index in [-0.39, 0.29) is 11.5 Å². The zero-order chi connectivity index (χ0) is 31.1. The van der Waals surface area contributed by atoms with Crippen LogP contribution in [-0.2, 0) is 27.3 Å². The van der Waals surface area contributed by atoms with Gasteiger partial charge in [-0.2, -0.15) is 23.5 Å². The van der Waals surface area contributed by atoms with Crippen molar-refractivity contribution in [2.75, 3.05) is 88.8 Å². The average Bonchev–Trinajstić information content (AvgIpc) is 3.06. The first-order valence-corrected chi connectivity index (χ1v) is 17.9. The second-order valence-electron chi connectivity index (χ2n) is 10.9. The normalized spacial score (nSPS) is 18.5. The molecule has 2 aromatic heterocycles. The molecule has 0 bridgehead atoms. The Morgan fingerprint density at radius 3 is 1.47 bits per heavy atom. The fourth-order valence-corrected chi connectivity index (χ4v) is 7.38. The molecule has 1 aliphatic rings. The highest BCUT2D eigenvalue weighted by molar-refractivity contribution is 8.02. The number of fused-ring (bicyclic) bond motifs is 2. The molecular weight excluding hydrogens is 609 g/mol. The average molecular weight is 653 g/mol. The van der Waals surface area contributed by atoms with Gasteiger partial charge < -0.3 is 24.4 Å². The Bertz CT molecular complexity index is 1370. The van der Waals surface area contributed by atoms with Crippen LogP contribution in [0.4, 0.5) is 0 Å². The topological polar surface area (TPSA) is 100 Å². The van der Waals surface area contributed by atoms with Gasteiger partial charge in [-0.3, -0.25) is 19.8 Å². The number of pyridine rings is 2. The molecule has 1 aliphatic heterocycles. The van der Waals surface area contributed by atoms with Gasteiger partial charge in [0.05, 0.1) is 39.6 Å². The van der Waals surface area contributed by atoms with Gasteiger partial charge in [-0.15, -0.1) is 0 Å². The van der Waals surface area contributed by atoms with E-state index in [2.05, 4.69) is 19.8 Å². The van der Waals surface area contributed by atoms with Crippen molar-refractivity contribution in [3.05, 3.63) is 72.1 Å². The molecule has 0 saturated carbocycles. The molecular formula is C34H44N4O5S2. The number of benzene rings is 2. The first-order valence-electron chi connectivity index (χ1n) is 15.6. The number of phenolic OH excluding ortho intramolecular Hbond substituents is 2. The Hall–Kier alpha value is -2.64. The lowest BCUT2D eigenvalue weighted by Gasteiger charge is -2.23. The molecule has 5 rings (SSSR count). The fraction of sp³-hybridized carbons (Fsp3) is 0.471. The van der Waals surface area contributed by atoms with Crippen LogP contribution >= 0.6 is 23.5 Å². The van der Waals surface area contributed by atoms with Crippen molar-refractivity contribution in [1.29, 1.82) is 0 Å². The van der Waals surface area contributed by atoms with Crippen molar-refractivity contribution in [2.24, 2.45) is 0 Å². The Kier molecular flexibility index (Phi) is 13.9. The molecule has 4 aromatic rings. The lowest BCUT2D eigenvalue weighted by molar-refractivity contribution is 0.00694. The maximum Gasteiger partial charge on any atom is 0.146 e. The number of thioether (sulfide) groups is 2. The second kappa shape index (κ2) is 18.5. The highest BCUT2D eigenvalue weighted by atomic mass is 32.2. The third-order valence-corrected chi connectivity index (χ3v) is 9.96. The molecule has 2 N–H and O–H groups in total. The first kappa shape index (κ1) is 33.7. The first-order chi connectivity index (χ1) is 22.2. The second-order valence-corrected chi connectivity index (χ2v) is 13.4. The zero-order valence-electron chi connectivity index (χ0n) is 25.8. The lowest BCUT2D eigenvalue weighted by Crippen LogP contribution is -2.30. The SMILES string of the molecule is Oc1c(CN2CCOCCOCCOCCN(Cc3ccc4cccnc4c3O)CCSCCSCC2)ccc2cccnc12. The Labute approximate surface area is 274 Å². The summed E-state index contributed by atoms with van der Waals surface area (Å²) < 4.78 is 17.5. The zero-order valence-corrected chi connectivity index (χ0v) is 27.4. The predicted molar refractivity (Wildman–Crippen MR) is 184 cm³/mol. The Morgan fingerprint density at radius 2 is 1.00 bits per heavy atom. The standard InChI is InChI=1S/C34H44N4O5S2/c39-33-29(7-5-27-3-1-9-35-31(27)33)25-37-11-15-41-17-19-43-20-18-42-16-12-38(14-22-45-24-23-44-21-13-37)26-30-8-6-28-4-2-10-36-32(28)34(30)40/h1-10,39-40H,11-26H2. The van der Waals surface area contributed by atoms with E-state index in [1.807, 2.05) is 72.1 Å². The molecule has 2 aromatic carbocycles. The molecule has 11 heteroatoms. The minimum atomic E-state index is 0.262. The Morgan fingerprint density at radius 1 is 0.556 bits per heavy atom. The summed E-state index contributed by atoms with van der Waals surface area (Å²) >= 11 is 3.92. The van der Waals surface area contributed by atoms with Crippen LogP contribution in [0.1, 0.15) is 11.1 Å². The molecule has 3 heterocycles. The van der Waals surface area contributed by atoms with Gasteiger partial charge in [0, 0.05) is 96.6 Å². The quantitative estimate of drug-likeness (QED) is 0.311. The van der Waals surface area contributed by atoms with E-state index in [4.69, 9.17) is 14.2 Å². The maximum absolute atomic E-state index is 10.9. The van der Waals surface area contributed by atoms with Crippen molar-refractivity contribution in [3.8, 4) is 11.5 Å². The monoisotopic (exact) mass is 652 g/mol. The number of hydrogen-bond acceptors (Lipinski definition) is 11. The minimum absolute atomic E-state index is 0.262. The summed E-state index contributed by atoms with van der Waals surface area (Å²) in [5, 5.41) is 23.7. The molecule has 9 nitrogen and oxygen atoms in total. The molecule has 0 atom stereocenters. The molecule has 0 radical (unpaired) electrons. The van der Waals surface area contributed by atoms with Crippen molar-refractivity contribution in [1.82, 2.24) is 19.8 Å². The third-order valence-electron chi connectivity index (χ3n) is 7.77. The highest BCUT2D eigenvalue weighted by Gasteiger charge is 2.14. The van der Waals surface area contributed by atoms with Gasteiger partial charge in [-0.1, -0.05) is 36.4 Å². The maximum atomic E-state index is 10.9. The van der Waals surface area contributed by atoms with Crippen LogP contribution in [0, 0.1) is 0 Å². The number of hydrogen-bond donors (Lipinski definition) is 2. The van der Waals surface area contributed by atoms with Gasteiger partial charge >= 0.3 is 0 Å². The van der Waals surface area contributed by atoms with E-state index in [1.165, 1.54) is 0 Å². The van der Waals surface area contributed by atoms with E-state index in [0.29, 0.717) is 63.8 Å². The van der Waals surface area contributed by atoms with E-state index < -0.39 is 0 Å². The molecule has 0 aliphatic carbocycles. The molecule has 0 spiro atoms. The number of nitrogens with zero attached hydrogens (tertiary/aromatic N) is 4. The smallest absolute Gasteiger partial charge is 0.146 e. The molecule has 1 saturated heterocycles. The van der Waals surface area contributed by atoms with E-state index in [9.17, 15) is 10.2 Å². The van der Waals surface area contributed by atoms with Gasteiger partial charge in [-0.25, -0.2) is 0 Å². The van der Waals surface area contributed by atoms with E-state index in [1.54, 1.807) is 12.4 Å². The molecule has 45 heavy (non-hydrogen) atoms. The molecule has 0 amide bonds. The largest absolute Gasteiger partial charge is 0.505 e. The van der Waals surface area contributed by atoms with Gasteiger partial charge in [-0.05, 0) is 12.1 Å². The Balaban J connectivity index is 1.14. The number of rotatable bonds is 4. The third kappa shape index (κ3) is 10.4.